The molecule has 1 atom stereocenters. The van der Waals surface area contributed by atoms with Gasteiger partial charge in [-0.15, -0.1) is 0 Å². The third-order valence-corrected chi connectivity index (χ3v) is 3.96. The summed E-state index contributed by atoms with van der Waals surface area (Å²) in [6.07, 6.45) is -2.65. The van der Waals surface area contributed by atoms with Crippen molar-refractivity contribution in [3.8, 4) is 6.07 Å². The maximum atomic E-state index is 12.5. The van der Waals surface area contributed by atoms with Gasteiger partial charge < -0.3 is 5.11 Å². The molecule has 1 aliphatic carbocycles. The minimum Gasteiger partial charge on any atom is -0.480 e. The van der Waals surface area contributed by atoms with Gasteiger partial charge >= 0.3 is 12.1 Å². The van der Waals surface area contributed by atoms with E-state index in [0.717, 1.165) is 18.6 Å². The van der Waals surface area contributed by atoms with Gasteiger partial charge in [-0.05, 0) is 30.5 Å². The second-order valence-electron chi connectivity index (χ2n) is 4.99. The van der Waals surface area contributed by atoms with Gasteiger partial charge in [-0.2, -0.15) is 18.4 Å². The maximum Gasteiger partial charge on any atom is 0.416 e. The molecule has 1 aromatic carbocycles. The van der Waals surface area contributed by atoms with Gasteiger partial charge in [0.05, 0.1) is 11.6 Å². The second-order valence-corrected chi connectivity index (χ2v) is 4.99. The molecule has 3 nitrogen and oxygen atoms in total. The average Bonchev–Trinajstić information content (AvgIpc) is 2.32. The molecule has 0 spiro atoms. The minimum atomic E-state index is -4.42. The molecule has 6 heteroatoms. The summed E-state index contributed by atoms with van der Waals surface area (Å²) in [4.78, 5) is 11.2. The van der Waals surface area contributed by atoms with Crippen molar-refractivity contribution in [3.05, 3.63) is 35.4 Å². The van der Waals surface area contributed by atoms with Gasteiger partial charge in [-0.25, -0.2) is 0 Å². The number of nitriles is 1. The van der Waals surface area contributed by atoms with E-state index in [2.05, 4.69) is 0 Å². The molecule has 1 N–H and O–H groups in total. The molecule has 1 aromatic rings. The molecule has 106 valence electrons. The molecule has 0 saturated heterocycles. The zero-order valence-electron chi connectivity index (χ0n) is 10.4. The van der Waals surface area contributed by atoms with Gasteiger partial charge in [0.15, 0.2) is 5.92 Å². The molecule has 0 aromatic heterocycles. The third-order valence-electron chi connectivity index (χ3n) is 3.96. The lowest BCUT2D eigenvalue weighted by atomic mass is 9.58. The Bertz CT molecular complexity index is 553. The normalized spacial score (nSPS) is 18.7. The van der Waals surface area contributed by atoms with Gasteiger partial charge in [-0.3, -0.25) is 4.79 Å². The first-order chi connectivity index (χ1) is 9.31. The van der Waals surface area contributed by atoms with E-state index in [4.69, 9.17) is 10.4 Å². The molecular formula is C14H12F3NO2. The summed E-state index contributed by atoms with van der Waals surface area (Å²) in [5.41, 5.74) is -1.14. The number of rotatable bonds is 3. The predicted molar refractivity (Wildman–Crippen MR) is 63.7 cm³/mol. The van der Waals surface area contributed by atoms with E-state index < -0.39 is 29.0 Å². The van der Waals surface area contributed by atoms with Crippen molar-refractivity contribution >= 4 is 5.97 Å². The number of carboxylic acids is 1. The van der Waals surface area contributed by atoms with Crippen LogP contribution in [0.15, 0.2) is 24.3 Å². The predicted octanol–water partition coefficient (Wildman–Crippen LogP) is 3.35. The van der Waals surface area contributed by atoms with Crippen LogP contribution in [0.5, 0.6) is 0 Å². The Labute approximate surface area is 113 Å². The van der Waals surface area contributed by atoms with E-state index in [-0.39, 0.29) is 0 Å². The molecular weight excluding hydrogens is 271 g/mol. The average molecular weight is 283 g/mol. The summed E-state index contributed by atoms with van der Waals surface area (Å²) in [5, 5.41) is 18.1. The van der Waals surface area contributed by atoms with Crippen LogP contribution in [-0.4, -0.2) is 11.1 Å². The number of hydrogen-bond acceptors (Lipinski definition) is 2. The number of carboxylic acid groups (broad SMARTS) is 1. The lowest BCUT2D eigenvalue weighted by Gasteiger charge is -2.44. The van der Waals surface area contributed by atoms with Crippen molar-refractivity contribution in [2.24, 2.45) is 5.92 Å². The van der Waals surface area contributed by atoms with E-state index in [9.17, 15) is 18.0 Å². The van der Waals surface area contributed by atoms with Gasteiger partial charge in [-0.1, -0.05) is 18.6 Å². The molecule has 0 amide bonds. The molecule has 1 unspecified atom stereocenters. The Hall–Kier alpha value is -2.03. The Kier molecular flexibility index (Phi) is 3.46. The highest BCUT2D eigenvalue weighted by Crippen LogP contribution is 2.49. The second kappa shape index (κ2) is 4.82. The molecule has 1 fully saturated rings. The van der Waals surface area contributed by atoms with E-state index in [0.29, 0.717) is 18.4 Å². The zero-order valence-corrected chi connectivity index (χ0v) is 10.4. The Morgan fingerprint density at radius 1 is 1.30 bits per heavy atom. The highest BCUT2D eigenvalue weighted by molar-refractivity contribution is 5.76. The van der Waals surface area contributed by atoms with Gasteiger partial charge in [0.25, 0.3) is 0 Å². The van der Waals surface area contributed by atoms with Gasteiger partial charge in [0.2, 0.25) is 0 Å². The largest absolute Gasteiger partial charge is 0.480 e. The third kappa shape index (κ3) is 2.24. The molecule has 0 radical (unpaired) electrons. The molecule has 0 aliphatic heterocycles. The highest BCUT2D eigenvalue weighted by atomic mass is 19.4. The summed E-state index contributed by atoms with van der Waals surface area (Å²) in [7, 11) is 0. The van der Waals surface area contributed by atoms with Crippen molar-refractivity contribution < 1.29 is 23.1 Å². The summed E-state index contributed by atoms with van der Waals surface area (Å²) < 4.78 is 37.6. The number of hydrogen-bond donors (Lipinski definition) is 1. The molecule has 0 heterocycles. The Morgan fingerprint density at radius 2 is 1.85 bits per heavy atom. The van der Waals surface area contributed by atoms with Crippen LogP contribution >= 0.6 is 0 Å². The van der Waals surface area contributed by atoms with Crippen molar-refractivity contribution in [3.63, 3.8) is 0 Å². The van der Waals surface area contributed by atoms with Crippen LogP contribution in [0, 0.1) is 17.2 Å². The van der Waals surface area contributed by atoms with Crippen molar-refractivity contribution in [2.45, 2.75) is 30.9 Å². The smallest absolute Gasteiger partial charge is 0.416 e. The lowest BCUT2D eigenvalue weighted by Crippen LogP contribution is -2.44. The summed E-state index contributed by atoms with van der Waals surface area (Å²) in [5.74, 6) is -2.46. The Balaban J connectivity index is 2.38. The highest BCUT2D eigenvalue weighted by Gasteiger charge is 2.49. The molecule has 1 aliphatic rings. The first kappa shape index (κ1) is 14.4. The summed E-state index contributed by atoms with van der Waals surface area (Å²) in [6, 6.07) is 6.21. The monoisotopic (exact) mass is 283 g/mol. The molecule has 0 bridgehead atoms. The number of benzene rings is 1. The molecule has 20 heavy (non-hydrogen) atoms. The van der Waals surface area contributed by atoms with Gasteiger partial charge in [0, 0.05) is 5.41 Å². The van der Waals surface area contributed by atoms with Crippen LogP contribution in [0.25, 0.3) is 0 Å². The molecule has 2 rings (SSSR count). The summed E-state index contributed by atoms with van der Waals surface area (Å²) in [6.45, 7) is 0. The van der Waals surface area contributed by atoms with E-state index >= 15 is 0 Å². The van der Waals surface area contributed by atoms with Crippen LogP contribution in [0.4, 0.5) is 13.2 Å². The fourth-order valence-electron chi connectivity index (χ4n) is 2.71. The zero-order chi connectivity index (χ0) is 15.0. The van der Waals surface area contributed by atoms with E-state index in [1.165, 1.54) is 12.1 Å². The van der Waals surface area contributed by atoms with Crippen molar-refractivity contribution in [1.29, 1.82) is 5.26 Å². The molecule has 1 saturated carbocycles. The number of carbonyl (C=O) groups is 1. The topological polar surface area (TPSA) is 61.1 Å². The first-order valence-corrected chi connectivity index (χ1v) is 6.11. The number of aliphatic carboxylic acids is 1. The van der Waals surface area contributed by atoms with Crippen molar-refractivity contribution in [2.75, 3.05) is 0 Å². The minimum absolute atomic E-state index is 0.491. The fraction of sp³-hybridized carbons (Fsp3) is 0.429. The standard InChI is InChI=1S/C14H12F3NO2/c15-14(16,17)10-4-2-9(3-5-10)13(6-1-7-13)11(8-18)12(19)20/h2-5,11H,1,6-7H2,(H,19,20). The Morgan fingerprint density at radius 3 is 2.15 bits per heavy atom. The van der Waals surface area contributed by atoms with Crippen LogP contribution in [0.3, 0.4) is 0 Å². The fourth-order valence-corrected chi connectivity index (χ4v) is 2.71. The van der Waals surface area contributed by atoms with Crippen LogP contribution in [-0.2, 0) is 16.4 Å². The van der Waals surface area contributed by atoms with E-state index in [1.807, 2.05) is 0 Å². The van der Waals surface area contributed by atoms with Crippen LogP contribution < -0.4 is 0 Å². The number of nitrogens with zero attached hydrogens (tertiary/aromatic N) is 1. The lowest BCUT2D eigenvalue weighted by molar-refractivity contribution is -0.143. The first-order valence-electron chi connectivity index (χ1n) is 6.11. The SMILES string of the molecule is N#CC(C(=O)O)C1(c2ccc(C(F)(F)F)cc2)CCC1. The number of alkyl halides is 3. The maximum absolute atomic E-state index is 12.5. The van der Waals surface area contributed by atoms with Gasteiger partial charge in [0.1, 0.15) is 0 Å². The van der Waals surface area contributed by atoms with Crippen LogP contribution in [0.2, 0.25) is 0 Å². The quantitative estimate of drug-likeness (QED) is 0.925. The number of halogens is 3. The van der Waals surface area contributed by atoms with Crippen LogP contribution in [0.1, 0.15) is 30.4 Å². The van der Waals surface area contributed by atoms with Crippen molar-refractivity contribution in [1.82, 2.24) is 0 Å². The summed E-state index contributed by atoms with van der Waals surface area (Å²) >= 11 is 0. The van der Waals surface area contributed by atoms with E-state index in [1.54, 1.807) is 6.07 Å².